The molecule has 26 heavy (non-hydrogen) atoms. The van der Waals surface area contributed by atoms with Crippen molar-refractivity contribution >= 4 is 50.8 Å². The lowest BCUT2D eigenvalue weighted by Crippen LogP contribution is -2.37. The Labute approximate surface area is 156 Å². The van der Waals surface area contributed by atoms with Gasteiger partial charge in [-0.15, -0.1) is 0 Å². The van der Waals surface area contributed by atoms with E-state index in [0.29, 0.717) is 10.8 Å². The molecule has 2 amide bonds. The first-order valence-electron chi connectivity index (χ1n) is 7.49. The number of carbonyl (C=O) groups is 2. The van der Waals surface area contributed by atoms with Gasteiger partial charge >= 0.3 is 0 Å². The minimum Gasteiger partial charge on any atom is -0.368 e. The molecule has 0 spiro atoms. The van der Waals surface area contributed by atoms with Gasteiger partial charge < -0.3 is 22.1 Å². The molecule has 2 aromatic heterocycles. The second-order valence-corrected chi connectivity index (χ2v) is 7.80. The number of aryl methyl sites for hydroxylation is 1. The summed E-state index contributed by atoms with van der Waals surface area (Å²) in [6.45, 7) is 1.83. The Morgan fingerprint density at radius 3 is 2.65 bits per heavy atom. The third-order valence-electron chi connectivity index (χ3n) is 3.23. The Bertz CT molecular complexity index is 840. The number of nitrogens with two attached hydrogens (primary N) is 2. The van der Waals surface area contributed by atoms with Crippen molar-refractivity contribution in [3.05, 3.63) is 23.7 Å². The summed E-state index contributed by atoms with van der Waals surface area (Å²) in [4.78, 5) is 31.4. The zero-order valence-corrected chi connectivity index (χ0v) is 15.8. The molecule has 0 fully saturated rings. The van der Waals surface area contributed by atoms with Gasteiger partial charge in [0.1, 0.15) is 16.9 Å². The van der Waals surface area contributed by atoms with Crippen molar-refractivity contribution in [2.45, 2.75) is 19.4 Å². The number of nitrogens with zero attached hydrogens (tertiary/aromatic N) is 3. The standard InChI is InChI=1S/C14H19N7O3S2/c1-7-5-10(25-21-7)20-14-11(13(16)23)17-6-9(19-14)18-8(12(15)22)3-4-26(2)24/h5-6,8H,3-4H2,1-2H3,(H2,15,22)(H2,16,23)(H2,18,19,20)/t8-,26?/m1/s1. The first-order valence-corrected chi connectivity index (χ1v) is 9.99. The van der Waals surface area contributed by atoms with E-state index in [2.05, 4.69) is 25.0 Å². The third kappa shape index (κ3) is 5.46. The number of nitrogens with one attached hydrogen (secondary N) is 2. The highest BCUT2D eigenvalue weighted by molar-refractivity contribution is 7.84. The smallest absolute Gasteiger partial charge is 0.271 e. The maximum atomic E-state index is 11.6. The monoisotopic (exact) mass is 397 g/mol. The predicted molar refractivity (Wildman–Crippen MR) is 101 cm³/mol. The number of hydrogen-bond acceptors (Lipinski definition) is 9. The average Bonchev–Trinajstić information content (AvgIpc) is 2.95. The van der Waals surface area contributed by atoms with E-state index in [1.807, 2.05) is 6.92 Å². The Kier molecular flexibility index (Phi) is 6.58. The summed E-state index contributed by atoms with van der Waals surface area (Å²) >= 11 is 1.19. The summed E-state index contributed by atoms with van der Waals surface area (Å²) in [5.74, 6) is -0.694. The minimum atomic E-state index is -1.06. The predicted octanol–water partition coefficient (Wildman–Crippen LogP) is 0.118. The van der Waals surface area contributed by atoms with Crippen molar-refractivity contribution in [2.24, 2.45) is 11.5 Å². The van der Waals surface area contributed by atoms with Crippen LogP contribution >= 0.6 is 11.5 Å². The van der Waals surface area contributed by atoms with Gasteiger partial charge in [-0.1, -0.05) is 0 Å². The van der Waals surface area contributed by atoms with Crippen molar-refractivity contribution in [3.8, 4) is 0 Å². The second kappa shape index (κ2) is 8.67. The van der Waals surface area contributed by atoms with Gasteiger partial charge in [0, 0.05) is 22.8 Å². The lowest BCUT2D eigenvalue weighted by molar-refractivity contribution is -0.118. The molecule has 0 aromatic carbocycles. The van der Waals surface area contributed by atoms with E-state index in [9.17, 15) is 13.8 Å². The topological polar surface area (TPSA) is 166 Å². The first-order chi connectivity index (χ1) is 12.3. The van der Waals surface area contributed by atoms with Crippen LogP contribution in [0.15, 0.2) is 12.3 Å². The van der Waals surface area contributed by atoms with Crippen LogP contribution in [0.3, 0.4) is 0 Å². The fourth-order valence-electron chi connectivity index (χ4n) is 2.01. The van der Waals surface area contributed by atoms with E-state index in [1.54, 1.807) is 12.3 Å². The lowest BCUT2D eigenvalue weighted by atomic mass is 10.2. The molecule has 0 saturated carbocycles. The summed E-state index contributed by atoms with van der Waals surface area (Å²) in [5, 5.41) is 6.45. The highest BCUT2D eigenvalue weighted by atomic mass is 32.2. The van der Waals surface area contributed by atoms with Gasteiger partial charge in [0.15, 0.2) is 11.5 Å². The highest BCUT2D eigenvalue weighted by Crippen LogP contribution is 2.23. The average molecular weight is 397 g/mol. The molecule has 0 aliphatic heterocycles. The molecule has 12 heteroatoms. The highest BCUT2D eigenvalue weighted by Gasteiger charge is 2.19. The zero-order chi connectivity index (χ0) is 19.3. The SMILES string of the molecule is Cc1cc(Nc2nc(N[C@H](CCS(C)=O)C(N)=O)cnc2C(N)=O)sn1. The molecular weight excluding hydrogens is 378 g/mol. The Balaban J connectivity index is 2.25. The van der Waals surface area contributed by atoms with Crippen LogP contribution in [0.2, 0.25) is 0 Å². The Hall–Kier alpha value is -2.60. The third-order valence-corrected chi connectivity index (χ3v) is 4.84. The van der Waals surface area contributed by atoms with E-state index >= 15 is 0 Å². The Morgan fingerprint density at radius 1 is 1.38 bits per heavy atom. The van der Waals surface area contributed by atoms with Crippen LogP contribution in [-0.4, -0.2) is 48.4 Å². The van der Waals surface area contributed by atoms with Crippen LogP contribution in [0.4, 0.5) is 16.6 Å². The lowest BCUT2D eigenvalue weighted by Gasteiger charge is -2.16. The van der Waals surface area contributed by atoms with E-state index in [0.717, 1.165) is 5.69 Å². The molecule has 10 nitrogen and oxygen atoms in total. The largest absolute Gasteiger partial charge is 0.368 e. The minimum absolute atomic E-state index is 0.0492. The van der Waals surface area contributed by atoms with Crippen molar-refractivity contribution in [1.29, 1.82) is 0 Å². The fraction of sp³-hybridized carbons (Fsp3) is 0.357. The van der Waals surface area contributed by atoms with E-state index < -0.39 is 28.7 Å². The molecule has 6 N–H and O–H groups in total. The maximum Gasteiger partial charge on any atom is 0.271 e. The van der Waals surface area contributed by atoms with Gasteiger partial charge in [-0.05, 0) is 30.9 Å². The molecule has 2 atom stereocenters. The number of aromatic nitrogens is 3. The number of primary amides is 2. The molecule has 0 saturated heterocycles. The number of carbonyl (C=O) groups excluding carboxylic acids is 2. The second-order valence-electron chi connectivity index (χ2n) is 5.44. The van der Waals surface area contributed by atoms with Crippen LogP contribution in [0.25, 0.3) is 0 Å². The summed E-state index contributed by atoms with van der Waals surface area (Å²) in [6.07, 6.45) is 3.09. The molecule has 0 radical (unpaired) electrons. The van der Waals surface area contributed by atoms with Crippen LogP contribution in [0.5, 0.6) is 0 Å². The van der Waals surface area contributed by atoms with Gasteiger partial charge in [0.25, 0.3) is 5.91 Å². The number of amides is 2. The van der Waals surface area contributed by atoms with Gasteiger partial charge in [0.2, 0.25) is 5.91 Å². The normalized spacial score (nSPS) is 13.0. The molecule has 2 heterocycles. The Morgan fingerprint density at radius 2 is 2.12 bits per heavy atom. The van der Waals surface area contributed by atoms with Crippen molar-refractivity contribution < 1.29 is 13.8 Å². The maximum absolute atomic E-state index is 11.6. The molecule has 140 valence electrons. The van der Waals surface area contributed by atoms with Crippen molar-refractivity contribution in [2.75, 3.05) is 22.6 Å². The molecular formula is C14H19N7O3S2. The van der Waals surface area contributed by atoms with Crippen LogP contribution in [0, 0.1) is 6.92 Å². The van der Waals surface area contributed by atoms with Crippen molar-refractivity contribution in [3.63, 3.8) is 0 Å². The van der Waals surface area contributed by atoms with Gasteiger partial charge in [-0.2, -0.15) is 4.37 Å². The van der Waals surface area contributed by atoms with Gasteiger partial charge in [-0.3, -0.25) is 13.8 Å². The van der Waals surface area contributed by atoms with Crippen LogP contribution in [0.1, 0.15) is 22.6 Å². The molecule has 2 aromatic rings. The first kappa shape index (κ1) is 19.7. The van der Waals surface area contributed by atoms with Crippen LogP contribution < -0.4 is 22.1 Å². The molecule has 1 unspecified atom stereocenters. The molecule has 0 bridgehead atoms. The molecule has 2 rings (SSSR count). The summed E-state index contributed by atoms with van der Waals surface area (Å²) in [5.41, 5.74) is 11.5. The van der Waals surface area contributed by atoms with Gasteiger partial charge in [-0.25, -0.2) is 9.97 Å². The number of anilines is 3. The van der Waals surface area contributed by atoms with E-state index in [-0.39, 0.29) is 23.8 Å². The van der Waals surface area contributed by atoms with E-state index in [4.69, 9.17) is 11.5 Å². The quantitative estimate of drug-likeness (QED) is 0.463. The van der Waals surface area contributed by atoms with Gasteiger partial charge in [0.05, 0.1) is 11.9 Å². The van der Waals surface area contributed by atoms with Crippen molar-refractivity contribution in [1.82, 2.24) is 14.3 Å². The summed E-state index contributed by atoms with van der Waals surface area (Å²) in [7, 11) is -1.06. The number of rotatable bonds is 9. The zero-order valence-electron chi connectivity index (χ0n) is 14.2. The molecule has 0 aliphatic rings. The summed E-state index contributed by atoms with van der Waals surface area (Å²) < 4.78 is 15.4. The molecule has 0 aliphatic carbocycles. The van der Waals surface area contributed by atoms with Crippen LogP contribution in [-0.2, 0) is 15.6 Å². The fourth-order valence-corrected chi connectivity index (χ4v) is 3.24. The summed E-state index contributed by atoms with van der Waals surface area (Å²) in [6, 6.07) is 1.01. The van der Waals surface area contributed by atoms with E-state index in [1.165, 1.54) is 17.7 Å². The number of hydrogen-bond donors (Lipinski definition) is 4.